The van der Waals surface area contributed by atoms with Crippen molar-refractivity contribution < 1.29 is 23.1 Å². The molecule has 1 aromatic rings. The summed E-state index contributed by atoms with van der Waals surface area (Å²) in [6.45, 7) is 4.58. The van der Waals surface area contributed by atoms with Gasteiger partial charge in [-0.3, -0.25) is 4.79 Å². The Bertz CT molecular complexity index is 974. The third-order valence-corrected chi connectivity index (χ3v) is 9.80. The average Bonchev–Trinajstić information content (AvgIpc) is 3.08. The lowest BCUT2D eigenvalue weighted by molar-refractivity contribution is -0.154. The molecule has 1 N–H and O–H groups in total. The number of aliphatic hydroxyl groups is 1. The molecule has 1 aliphatic heterocycles. The monoisotopic (exact) mass is 461 g/mol. The van der Waals surface area contributed by atoms with Crippen LogP contribution < -0.4 is 0 Å². The summed E-state index contributed by atoms with van der Waals surface area (Å²) in [6.07, 6.45) is 4.30. The predicted molar refractivity (Wildman–Crippen MR) is 120 cm³/mol. The fraction of sp³-hybridized carbons (Fsp3) is 0.667. The molecule has 3 fully saturated rings. The van der Waals surface area contributed by atoms with Crippen molar-refractivity contribution in [1.82, 2.24) is 4.90 Å². The zero-order chi connectivity index (χ0) is 23.8. The molecule has 3 aliphatic carbocycles. The second kappa shape index (κ2) is 7.59. The normalized spacial score (nSPS) is 42.6. The van der Waals surface area contributed by atoms with Gasteiger partial charge in [0.25, 0.3) is 0 Å². The van der Waals surface area contributed by atoms with Crippen LogP contribution in [0.25, 0.3) is 0 Å². The maximum Gasteiger partial charge on any atom is 0.416 e. The van der Waals surface area contributed by atoms with Gasteiger partial charge in [-0.1, -0.05) is 38.1 Å². The summed E-state index contributed by atoms with van der Waals surface area (Å²) in [4.78, 5) is 14.1. The highest BCUT2D eigenvalue weighted by Gasteiger charge is 2.61. The van der Waals surface area contributed by atoms with Crippen LogP contribution in [-0.4, -0.2) is 35.1 Å². The third kappa shape index (κ3) is 3.64. The number of nitrogens with zero attached hydrogens (tertiary/aromatic N) is 1. The molecule has 0 saturated heterocycles. The zero-order valence-corrected chi connectivity index (χ0v) is 19.6. The first-order valence-corrected chi connectivity index (χ1v) is 12.2. The van der Waals surface area contributed by atoms with Gasteiger partial charge in [0.05, 0.1) is 11.7 Å². The van der Waals surface area contributed by atoms with E-state index in [9.17, 15) is 23.1 Å². The number of alkyl halides is 3. The van der Waals surface area contributed by atoms with Crippen LogP contribution in [0.1, 0.15) is 57.1 Å². The van der Waals surface area contributed by atoms with Gasteiger partial charge in [-0.05, 0) is 85.3 Å². The van der Waals surface area contributed by atoms with Gasteiger partial charge in [-0.2, -0.15) is 13.2 Å². The Hall–Kier alpha value is -1.82. The molecule has 33 heavy (non-hydrogen) atoms. The number of likely N-dealkylation sites (N-methyl/N-ethyl adjacent to an activating group) is 1. The second-order valence-electron chi connectivity index (χ2n) is 11.7. The van der Waals surface area contributed by atoms with E-state index in [-0.39, 0.29) is 28.7 Å². The van der Waals surface area contributed by atoms with Crippen molar-refractivity contribution in [2.45, 2.75) is 70.7 Å². The quantitative estimate of drug-likeness (QED) is 0.634. The fourth-order valence-electron chi connectivity index (χ4n) is 8.25. The summed E-state index contributed by atoms with van der Waals surface area (Å²) in [5, 5.41) is 11.3. The smallest absolute Gasteiger partial charge is 0.393 e. The molecule has 4 aliphatic rings. The van der Waals surface area contributed by atoms with Gasteiger partial charge in [-0.25, -0.2) is 0 Å². The Balaban J connectivity index is 1.39. The van der Waals surface area contributed by atoms with Crippen LogP contribution in [0, 0.1) is 34.5 Å². The molecule has 3 unspecified atom stereocenters. The van der Waals surface area contributed by atoms with E-state index in [1.165, 1.54) is 12.1 Å². The Morgan fingerprint density at radius 1 is 1.18 bits per heavy atom. The lowest BCUT2D eigenvalue weighted by atomic mass is 9.48. The predicted octanol–water partition coefficient (Wildman–Crippen LogP) is 5.47. The molecule has 1 aromatic carbocycles. The van der Waals surface area contributed by atoms with E-state index >= 15 is 0 Å². The van der Waals surface area contributed by atoms with Gasteiger partial charge in [-0.15, -0.1) is 0 Å². The number of carbonyl (C=O) groups excluding carboxylic acids is 1. The van der Waals surface area contributed by atoms with Crippen LogP contribution in [0.2, 0.25) is 0 Å². The highest BCUT2D eigenvalue weighted by atomic mass is 19.4. The number of fused-ring (bicyclic) bond motifs is 5. The van der Waals surface area contributed by atoms with Crippen molar-refractivity contribution in [3.8, 4) is 0 Å². The first kappa shape index (κ1) is 22.9. The van der Waals surface area contributed by atoms with Crippen molar-refractivity contribution in [3.05, 3.63) is 47.5 Å². The SMILES string of the molecule is CN1C(=O)C=C[C@@]2(C)C1CC(O)[C@@H]1[C@H]2CC[C@]2(C)CC(Cc3cccc(C(F)(F)F)c3)C[C@@H]12. The summed E-state index contributed by atoms with van der Waals surface area (Å²) in [7, 11) is 1.84. The molecule has 0 bridgehead atoms. The van der Waals surface area contributed by atoms with Crippen LogP contribution in [0.3, 0.4) is 0 Å². The molecular weight excluding hydrogens is 427 g/mol. The number of amides is 1. The van der Waals surface area contributed by atoms with Crippen molar-refractivity contribution in [3.63, 3.8) is 0 Å². The summed E-state index contributed by atoms with van der Waals surface area (Å²) in [6, 6.07) is 5.77. The molecule has 1 heterocycles. The van der Waals surface area contributed by atoms with Gasteiger partial charge >= 0.3 is 6.18 Å². The largest absolute Gasteiger partial charge is 0.416 e. The van der Waals surface area contributed by atoms with E-state index < -0.39 is 17.8 Å². The van der Waals surface area contributed by atoms with Crippen LogP contribution >= 0.6 is 0 Å². The molecular formula is C27H34F3NO2. The number of benzene rings is 1. The number of rotatable bonds is 2. The number of aliphatic hydroxyl groups excluding tert-OH is 1. The lowest BCUT2D eigenvalue weighted by Crippen LogP contribution is -2.63. The van der Waals surface area contributed by atoms with E-state index in [1.54, 1.807) is 11.0 Å². The van der Waals surface area contributed by atoms with Gasteiger partial charge < -0.3 is 10.0 Å². The van der Waals surface area contributed by atoms with Crippen molar-refractivity contribution in [2.75, 3.05) is 7.05 Å². The second-order valence-corrected chi connectivity index (χ2v) is 11.7. The van der Waals surface area contributed by atoms with E-state index in [4.69, 9.17) is 0 Å². The molecule has 0 radical (unpaired) electrons. The Morgan fingerprint density at radius 2 is 1.94 bits per heavy atom. The molecule has 3 nitrogen and oxygen atoms in total. The summed E-state index contributed by atoms with van der Waals surface area (Å²) in [5.74, 6) is 1.17. The van der Waals surface area contributed by atoms with Gasteiger partial charge in [0.2, 0.25) is 5.91 Å². The standard InChI is InChI=1S/C27H34F3NO2/c1-25-9-7-19-24(21(32)14-22-26(19,2)10-8-23(33)31(22)3)20(25)13-17(15-25)11-16-5-4-6-18(12-16)27(28,29)30/h4-6,8,10,12,17,19-22,24,32H,7,9,11,13-15H2,1-3H3/t17?,19-,20+,21?,22?,24-,25-,26-/m1/s1. The Morgan fingerprint density at radius 3 is 2.67 bits per heavy atom. The van der Waals surface area contributed by atoms with E-state index in [0.717, 1.165) is 37.3 Å². The van der Waals surface area contributed by atoms with Crippen molar-refractivity contribution in [2.24, 2.45) is 34.5 Å². The van der Waals surface area contributed by atoms with E-state index in [2.05, 4.69) is 19.9 Å². The van der Waals surface area contributed by atoms with Gasteiger partial charge in [0, 0.05) is 18.5 Å². The molecule has 3 saturated carbocycles. The summed E-state index contributed by atoms with van der Waals surface area (Å²) < 4.78 is 39.5. The molecule has 5 rings (SSSR count). The minimum Gasteiger partial charge on any atom is -0.393 e. The van der Waals surface area contributed by atoms with Crippen LogP contribution in [0.5, 0.6) is 0 Å². The first-order valence-electron chi connectivity index (χ1n) is 12.2. The fourth-order valence-corrected chi connectivity index (χ4v) is 8.25. The van der Waals surface area contributed by atoms with Gasteiger partial charge in [0.15, 0.2) is 0 Å². The maximum atomic E-state index is 13.2. The first-order chi connectivity index (χ1) is 15.4. The van der Waals surface area contributed by atoms with E-state index in [0.29, 0.717) is 30.6 Å². The highest BCUT2D eigenvalue weighted by Crippen LogP contribution is 2.65. The summed E-state index contributed by atoms with van der Waals surface area (Å²) >= 11 is 0. The molecule has 0 aromatic heterocycles. The highest BCUT2D eigenvalue weighted by molar-refractivity contribution is 5.89. The Kier molecular flexibility index (Phi) is 5.28. The van der Waals surface area contributed by atoms with E-state index in [1.807, 2.05) is 13.1 Å². The number of hydrogen-bond donors (Lipinski definition) is 1. The topological polar surface area (TPSA) is 40.5 Å². The van der Waals surface area contributed by atoms with Crippen molar-refractivity contribution >= 4 is 5.91 Å². The van der Waals surface area contributed by atoms with Gasteiger partial charge in [0.1, 0.15) is 0 Å². The zero-order valence-electron chi connectivity index (χ0n) is 19.6. The summed E-state index contributed by atoms with van der Waals surface area (Å²) in [5.41, 5.74) is 0.136. The minimum absolute atomic E-state index is 0.00536. The third-order valence-electron chi connectivity index (χ3n) is 9.80. The number of hydrogen-bond acceptors (Lipinski definition) is 2. The molecule has 1 amide bonds. The number of carbonyl (C=O) groups is 1. The molecule has 8 atom stereocenters. The van der Waals surface area contributed by atoms with Crippen LogP contribution in [0.15, 0.2) is 36.4 Å². The van der Waals surface area contributed by atoms with Crippen LogP contribution in [0.4, 0.5) is 13.2 Å². The molecule has 6 heteroatoms. The molecule has 180 valence electrons. The molecule has 0 spiro atoms. The number of halogens is 3. The minimum atomic E-state index is -4.32. The average molecular weight is 462 g/mol. The van der Waals surface area contributed by atoms with Crippen molar-refractivity contribution in [1.29, 1.82) is 0 Å². The lowest BCUT2D eigenvalue weighted by Gasteiger charge is -2.61. The Labute approximate surface area is 194 Å². The maximum absolute atomic E-state index is 13.2. The van der Waals surface area contributed by atoms with Crippen LogP contribution in [-0.2, 0) is 17.4 Å².